The minimum atomic E-state index is -0.554. The lowest BCUT2D eigenvalue weighted by Gasteiger charge is -2.33. The van der Waals surface area contributed by atoms with Gasteiger partial charge in [-0.05, 0) is 50.6 Å². The largest absolute Gasteiger partial charge is 0.494 e. The molecule has 2 heterocycles. The van der Waals surface area contributed by atoms with Crippen LogP contribution in [-0.2, 0) is 9.53 Å². The van der Waals surface area contributed by atoms with E-state index < -0.39 is 12.0 Å². The number of esters is 1. The number of urea groups is 1. The Labute approximate surface area is 159 Å². The van der Waals surface area contributed by atoms with Crippen molar-refractivity contribution in [2.24, 2.45) is 0 Å². The number of nitrogens with zero attached hydrogens (tertiary/aromatic N) is 1. The van der Waals surface area contributed by atoms with Crippen LogP contribution in [0.2, 0.25) is 0 Å². The molecule has 0 saturated carbocycles. The monoisotopic (exact) mass is 373 g/mol. The molecular weight excluding hydrogens is 346 g/mol. The SMILES string of the molecule is CCOc1ccc([C@@H]2NC(=O)NC(CN3CCCCC3)=C2C(=O)OC)cc1. The average molecular weight is 373 g/mol. The summed E-state index contributed by atoms with van der Waals surface area (Å²) in [4.78, 5) is 27.1. The third kappa shape index (κ3) is 4.60. The first-order valence-electron chi connectivity index (χ1n) is 9.46. The summed E-state index contributed by atoms with van der Waals surface area (Å²) >= 11 is 0. The quantitative estimate of drug-likeness (QED) is 0.749. The van der Waals surface area contributed by atoms with Crippen LogP contribution in [0.5, 0.6) is 5.75 Å². The lowest BCUT2D eigenvalue weighted by atomic mass is 9.94. The minimum Gasteiger partial charge on any atom is -0.494 e. The van der Waals surface area contributed by atoms with E-state index in [0.29, 0.717) is 24.4 Å². The van der Waals surface area contributed by atoms with Crippen LogP contribution in [0.15, 0.2) is 35.5 Å². The second kappa shape index (κ2) is 8.90. The van der Waals surface area contributed by atoms with Gasteiger partial charge in [-0.25, -0.2) is 9.59 Å². The van der Waals surface area contributed by atoms with E-state index in [9.17, 15) is 9.59 Å². The summed E-state index contributed by atoms with van der Waals surface area (Å²) in [5.74, 6) is 0.312. The second-order valence-corrected chi connectivity index (χ2v) is 6.75. The van der Waals surface area contributed by atoms with Crippen LogP contribution in [0, 0.1) is 0 Å². The Kier molecular flexibility index (Phi) is 6.34. The van der Waals surface area contributed by atoms with Gasteiger partial charge in [0.2, 0.25) is 0 Å². The molecule has 1 saturated heterocycles. The number of hydrogen-bond donors (Lipinski definition) is 2. The molecule has 0 bridgehead atoms. The fourth-order valence-corrected chi connectivity index (χ4v) is 3.61. The number of rotatable bonds is 6. The van der Waals surface area contributed by atoms with Crippen molar-refractivity contribution < 1.29 is 19.1 Å². The van der Waals surface area contributed by atoms with E-state index in [1.807, 2.05) is 31.2 Å². The maximum atomic E-state index is 12.6. The number of likely N-dealkylation sites (tertiary alicyclic amines) is 1. The topological polar surface area (TPSA) is 79.9 Å². The Morgan fingerprint density at radius 2 is 1.89 bits per heavy atom. The van der Waals surface area contributed by atoms with E-state index in [4.69, 9.17) is 9.47 Å². The van der Waals surface area contributed by atoms with Crippen molar-refractivity contribution in [3.8, 4) is 5.75 Å². The summed E-state index contributed by atoms with van der Waals surface area (Å²) in [6, 6.07) is 6.54. The molecule has 27 heavy (non-hydrogen) atoms. The van der Waals surface area contributed by atoms with Crippen molar-refractivity contribution in [2.75, 3.05) is 33.4 Å². The highest BCUT2D eigenvalue weighted by Crippen LogP contribution is 2.29. The molecule has 2 amide bonds. The molecule has 0 radical (unpaired) electrons. The Balaban J connectivity index is 1.92. The van der Waals surface area contributed by atoms with Gasteiger partial charge in [0, 0.05) is 12.2 Å². The fraction of sp³-hybridized carbons (Fsp3) is 0.500. The van der Waals surface area contributed by atoms with Gasteiger partial charge in [-0.15, -0.1) is 0 Å². The van der Waals surface area contributed by atoms with Gasteiger partial charge in [-0.3, -0.25) is 4.90 Å². The molecule has 3 rings (SSSR count). The number of amides is 2. The molecule has 1 aromatic carbocycles. The molecule has 0 unspecified atom stereocenters. The zero-order valence-electron chi connectivity index (χ0n) is 15.9. The number of hydrogen-bond acceptors (Lipinski definition) is 5. The minimum absolute atomic E-state index is 0.312. The first kappa shape index (κ1) is 19.2. The van der Waals surface area contributed by atoms with Crippen molar-refractivity contribution in [3.63, 3.8) is 0 Å². The van der Waals surface area contributed by atoms with Crippen molar-refractivity contribution in [3.05, 3.63) is 41.1 Å². The summed E-state index contributed by atoms with van der Waals surface area (Å²) in [6.07, 6.45) is 3.49. The summed E-state index contributed by atoms with van der Waals surface area (Å²) in [5.41, 5.74) is 1.88. The number of piperidine rings is 1. The first-order chi connectivity index (χ1) is 13.1. The lowest BCUT2D eigenvalue weighted by molar-refractivity contribution is -0.136. The zero-order chi connectivity index (χ0) is 19.2. The van der Waals surface area contributed by atoms with Crippen molar-refractivity contribution in [1.29, 1.82) is 0 Å². The second-order valence-electron chi connectivity index (χ2n) is 6.75. The summed E-state index contributed by atoms with van der Waals surface area (Å²) in [5, 5.41) is 5.67. The number of benzene rings is 1. The summed E-state index contributed by atoms with van der Waals surface area (Å²) in [6.45, 7) is 4.97. The van der Waals surface area contributed by atoms with Crippen molar-refractivity contribution >= 4 is 12.0 Å². The summed E-state index contributed by atoms with van der Waals surface area (Å²) < 4.78 is 10.5. The Morgan fingerprint density at radius 3 is 2.52 bits per heavy atom. The lowest BCUT2D eigenvalue weighted by Crippen LogP contribution is -2.48. The highest BCUT2D eigenvalue weighted by molar-refractivity contribution is 5.95. The zero-order valence-corrected chi connectivity index (χ0v) is 15.9. The van der Waals surface area contributed by atoms with E-state index >= 15 is 0 Å². The summed E-state index contributed by atoms with van der Waals surface area (Å²) in [7, 11) is 1.36. The number of carbonyl (C=O) groups is 2. The molecule has 146 valence electrons. The molecule has 2 aliphatic rings. The van der Waals surface area contributed by atoms with Crippen LogP contribution in [0.1, 0.15) is 37.8 Å². The standard InChI is InChI=1S/C20H27N3O4/c1-3-27-15-9-7-14(8-10-15)18-17(19(24)26-2)16(21-20(25)22-18)13-23-11-5-4-6-12-23/h7-10,18H,3-6,11-13H2,1-2H3,(H2,21,22,25)/t18-/m0/s1. The smallest absolute Gasteiger partial charge is 0.338 e. The first-order valence-corrected chi connectivity index (χ1v) is 9.46. The highest BCUT2D eigenvalue weighted by atomic mass is 16.5. The molecule has 1 atom stereocenters. The maximum absolute atomic E-state index is 12.6. The normalized spacial score (nSPS) is 20.7. The number of methoxy groups -OCH3 is 1. The molecule has 2 aliphatic heterocycles. The Hall–Kier alpha value is -2.54. The van der Waals surface area contributed by atoms with Gasteiger partial charge >= 0.3 is 12.0 Å². The van der Waals surface area contributed by atoms with Gasteiger partial charge in [0.05, 0.1) is 25.3 Å². The molecular formula is C20H27N3O4. The molecule has 1 aromatic rings. The van der Waals surface area contributed by atoms with E-state index in [-0.39, 0.29) is 6.03 Å². The molecule has 2 N–H and O–H groups in total. The number of nitrogens with one attached hydrogen (secondary N) is 2. The molecule has 0 aromatic heterocycles. The van der Waals surface area contributed by atoms with Crippen LogP contribution < -0.4 is 15.4 Å². The molecule has 0 aliphatic carbocycles. The van der Waals surface area contributed by atoms with Gasteiger partial charge < -0.3 is 20.1 Å². The maximum Gasteiger partial charge on any atom is 0.338 e. The van der Waals surface area contributed by atoms with Crippen molar-refractivity contribution in [1.82, 2.24) is 15.5 Å². The highest BCUT2D eigenvalue weighted by Gasteiger charge is 2.34. The van der Waals surface area contributed by atoms with E-state index in [1.165, 1.54) is 13.5 Å². The molecule has 0 spiro atoms. The van der Waals surface area contributed by atoms with Crippen LogP contribution in [0.3, 0.4) is 0 Å². The molecule has 1 fully saturated rings. The van der Waals surface area contributed by atoms with E-state index in [0.717, 1.165) is 37.2 Å². The van der Waals surface area contributed by atoms with Gasteiger partial charge in [-0.2, -0.15) is 0 Å². The average Bonchev–Trinajstić information content (AvgIpc) is 2.69. The Morgan fingerprint density at radius 1 is 1.19 bits per heavy atom. The van der Waals surface area contributed by atoms with E-state index in [1.54, 1.807) is 0 Å². The van der Waals surface area contributed by atoms with Gasteiger partial charge in [-0.1, -0.05) is 18.6 Å². The van der Waals surface area contributed by atoms with Crippen LogP contribution in [0.25, 0.3) is 0 Å². The van der Waals surface area contributed by atoms with Gasteiger partial charge in [0.25, 0.3) is 0 Å². The van der Waals surface area contributed by atoms with E-state index in [2.05, 4.69) is 15.5 Å². The molecule has 7 nitrogen and oxygen atoms in total. The number of ether oxygens (including phenoxy) is 2. The van der Waals surface area contributed by atoms with Crippen LogP contribution in [-0.4, -0.2) is 50.3 Å². The van der Waals surface area contributed by atoms with Gasteiger partial charge in [0.15, 0.2) is 0 Å². The number of carbonyl (C=O) groups excluding carboxylic acids is 2. The third-order valence-corrected chi connectivity index (χ3v) is 4.91. The third-order valence-electron chi connectivity index (χ3n) is 4.91. The predicted molar refractivity (Wildman–Crippen MR) is 101 cm³/mol. The van der Waals surface area contributed by atoms with Crippen LogP contribution in [0.4, 0.5) is 4.79 Å². The fourth-order valence-electron chi connectivity index (χ4n) is 3.61. The van der Waals surface area contributed by atoms with Gasteiger partial charge in [0.1, 0.15) is 5.75 Å². The Bertz CT molecular complexity index is 708. The predicted octanol–water partition coefficient (Wildman–Crippen LogP) is 2.35. The van der Waals surface area contributed by atoms with Crippen molar-refractivity contribution in [2.45, 2.75) is 32.2 Å². The molecule has 7 heteroatoms. The van der Waals surface area contributed by atoms with Crippen LogP contribution >= 0.6 is 0 Å².